The number of aliphatic hydroxyl groups excluding tert-OH is 1. The van der Waals surface area contributed by atoms with Gasteiger partial charge in [-0.05, 0) is 49.5 Å². The summed E-state index contributed by atoms with van der Waals surface area (Å²) in [7, 11) is 0. The quantitative estimate of drug-likeness (QED) is 0.404. The van der Waals surface area contributed by atoms with Crippen molar-refractivity contribution in [2.45, 2.75) is 20.0 Å². The Morgan fingerprint density at radius 1 is 1.19 bits per heavy atom. The highest BCUT2D eigenvalue weighted by atomic mass is 35.5. The maximum Gasteiger partial charge on any atom is 0.251 e. The first kappa shape index (κ1) is 22.8. The number of amides is 1. The zero-order valence-corrected chi connectivity index (χ0v) is 18.5. The van der Waals surface area contributed by atoms with Crippen LogP contribution in [0, 0.1) is 0 Å². The fraction of sp³-hybridized carbons (Fsp3) is 0.304. The van der Waals surface area contributed by atoms with Gasteiger partial charge in [0.15, 0.2) is 0 Å². The average molecular weight is 442 g/mol. The molecule has 8 heteroatoms. The number of fused-ring (bicyclic) bond motifs is 1. The van der Waals surface area contributed by atoms with Crippen LogP contribution in [0.3, 0.4) is 0 Å². The van der Waals surface area contributed by atoms with E-state index in [1.54, 1.807) is 36.5 Å². The van der Waals surface area contributed by atoms with Gasteiger partial charge < -0.3 is 26.4 Å². The minimum atomic E-state index is -0.613. The highest BCUT2D eigenvalue weighted by Crippen LogP contribution is 2.32. The first-order valence-electron chi connectivity index (χ1n) is 10.3. The largest absolute Gasteiger partial charge is 0.390 e. The van der Waals surface area contributed by atoms with Crippen LogP contribution in [0.1, 0.15) is 24.2 Å². The van der Waals surface area contributed by atoms with Crippen molar-refractivity contribution < 1.29 is 9.90 Å². The molecule has 164 valence electrons. The van der Waals surface area contributed by atoms with Crippen molar-refractivity contribution in [2.24, 2.45) is 0 Å². The van der Waals surface area contributed by atoms with Crippen molar-refractivity contribution in [3.63, 3.8) is 0 Å². The van der Waals surface area contributed by atoms with Gasteiger partial charge in [-0.3, -0.25) is 4.79 Å². The Morgan fingerprint density at radius 3 is 2.58 bits per heavy atom. The van der Waals surface area contributed by atoms with Gasteiger partial charge in [0, 0.05) is 46.3 Å². The van der Waals surface area contributed by atoms with Gasteiger partial charge in [0.2, 0.25) is 0 Å². The first-order valence-corrected chi connectivity index (χ1v) is 10.7. The van der Waals surface area contributed by atoms with Crippen LogP contribution in [0.5, 0.6) is 0 Å². The van der Waals surface area contributed by atoms with E-state index in [1.165, 1.54) is 0 Å². The molecule has 2 aromatic carbocycles. The number of carbonyl (C=O) groups excluding carboxylic acids is 1. The third-order valence-electron chi connectivity index (χ3n) is 5.16. The minimum Gasteiger partial charge on any atom is -0.390 e. The zero-order chi connectivity index (χ0) is 22.4. The fourth-order valence-electron chi connectivity index (χ4n) is 3.34. The Morgan fingerprint density at radius 2 is 1.90 bits per heavy atom. The van der Waals surface area contributed by atoms with Crippen molar-refractivity contribution in [1.29, 1.82) is 0 Å². The first-order chi connectivity index (χ1) is 14.9. The molecule has 0 fully saturated rings. The van der Waals surface area contributed by atoms with Crippen LogP contribution >= 0.6 is 11.6 Å². The van der Waals surface area contributed by atoms with E-state index in [0.717, 1.165) is 29.5 Å². The molecule has 0 radical (unpaired) electrons. The number of nitrogens with zero attached hydrogens (tertiary/aromatic N) is 2. The Hall–Kier alpha value is -2.87. The lowest BCUT2D eigenvalue weighted by Crippen LogP contribution is -2.40. The van der Waals surface area contributed by atoms with E-state index in [9.17, 15) is 9.90 Å². The van der Waals surface area contributed by atoms with Gasteiger partial charge in [0.05, 0.1) is 11.8 Å². The number of rotatable bonds is 9. The molecule has 0 bridgehead atoms. The number of hydrogen-bond donors (Lipinski definition) is 4. The van der Waals surface area contributed by atoms with Crippen LogP contribution in [0.15, 0.2) is 48.7 Å². The molecule has 1 aromatic heterocycles. The van der Waals surface area contributed by atoms with E-state index in [1.807, 2.05) is 26.0 Å². The smallest absolute Gasteiger partial charge is 0.251 e. The summed E-state index contributed by atoms with van der Waals surface area (Å²) in [5, 5.41) is 18.6. The lowest BCUT2D eigenvalue weighted by molar-refractivity contribution is 0.0869. The minimum absolute atomic E-state index is 0.203. The van der Waals surface area contributed by atoms with Crippen LogP contribution in [0.25, 0.3) is 10.8 Å². The standard InChI is InChI=1S/C23H28ClN5O2/c1-3-29(4-2)14-19(30)13-27-23(31)15-6-9-18(10-7-15)28-21-20-11-17(24)8-5-16(20)12-26-22(21)25/h5-12,19,28,30H,3-4,13-14H2,1-2H3,(H2,25,26)(H,27,31). The number of benzene rings is 2. The Kier molecular flexibility index (Phi) is 7.68. The van der Waals surface area contributed by atoms with Gasteiger partial charge in [-0.25, -0.2) is 4.98 Å². The Bertz CT molecular complexity index is 1030. The number of anilines is 3. The van der Waals surface area contributed by atoms with Crippen LogP contribution in [0.2, 0.25) is 5.02 Å². The summed E-state index contributed by atoms with van der Waals surface area (Å²) in [5.74, 6) is 0.127. The topological polar surface area (TPSA) is 104 Å². The van der Waals surface area contributed by atoms with E-state index in [-0.39, 0.29) is 12.5 Å². The number of carbonyl (C=O) groups is 1. The number of nitrogens with one attached hydrogen (secondary N) is 2. The van der Waals surface area contributed by atoms with Crippen LogP contribution in [-0.4, -0.2) is 53.2 Å². The van der Waals surface area contributed by atoms with Crippen molar-refractivity contribution in [2.75, 3.05) is 37.2 Å². The van der Waals surface area contributed by atoms with Gasteiger partial charge in [-0.2, -0.15) is 0 Å². The van der Waals surface area contributed by atoms with Crippen LogP contribution in [-0.2, 0) is 0 Å². The lowest BCUT2D eigenvalue weighted by atomic mass is 10.1. The molecule has 1 amide bonds. The lowest BCUT2D eigenvalue weighted by Gasteiger charge is -2.22. The molecule has 3 rings (SSSR count). The third kappa shape index (κ3) is 5.85. The predicted molar refractivity (Wildman–Crippen MR) is 127 cm³/mol. The van der Waals surface area contributed by atoms with Crippen molar-refractivity contribution in [3.8, 4) is 0 Å². The molecule has 0 aliphatic rings. The van der Waals surface area contributed by atoms with Gasteiger partial charge in [-0.1, -0.05) is 31.5 Å². The molecule has 1 heterocycles. The molecule has 0 saturated carbocycles. The molecule has 0 aliphatic carbocycles. The summed E-state index contributed by atoms with van der Waals surface area (Å²) in [6.45, 7) is 6.54. The van der Waals surface area contributed by atoms with Gasteiger partial charge in [-0.15, -0.1) is 0 Å². The molecular weight excluding hydrogens is 414 g/mol. The molecule has 0 saturated heterocycles. The van der Waals surface area contributed by atoms with Gasteiger partial charge in [0.25, 0.3) is 5.91 Å². The molecule has 7 nitrogen and oxygen atoms in total. The molecule has 1 unspecified atom stereocenters. The number of halogens is 1. The van der Waals surface area contributed by atoms with Gasteiger partial charge in [0.1, 0.15) is 5.82 Å². The van der Waals surface area contributed by atoms with Crippen LogP contribution in [0.4, 0.5) is 17.2 Å². The highest BCUT2D eigenvalue weighted by molar-refractivity contribution is 6.31. The predicted octanol–water partition coefficient (Wildman–Crippen LogP) is 3.65. The van der Waals surface area contributed by atoms with Crippen molar-refractivity contribution >= 4 is 45.5 Å². The maximum absolute atomic E-state index is 12.4. The third-order valence-corrected chi connectivity index (χ3v) is 5.40. The van der Waals surface area contributed by atoms with Crippen LogP contribution < -0.4 is 16.4 Å². The molecule has 31 heavy (non-hydrogen) atoms. The van der Waals surface area contributed by atoms with E-state index in [0.29, 0.717) is 28.6 Å². The molecular formula is C23H28ClN5O2. The van der Waals surface area contributed by atoms with E-state index < -0.39 is 6.10 Å². The van der Waals surface area contributed by atoms with E-state index in [4.69, 9.17) is 17.3 Å². The zero-order valence-electron chi connectivity index (χ0n) is 17.7. The van der Waals surface area contributed by atoms with Gasteiger partial charge >= 0.3 is 0 Å². The molecule has 3 aromatic rings. The molecule has 5 N–H and O–H groups in total. The summed E-state index contributed by atoms with van der Waals surface area (Å²) in [5.41, 5.74) is 8.01. The fourth-order valence-corrected chi connectivity index (χ4v) is 3.51. The SMILES string of the molecule is CCN(CC)CC(O)CNC(=O)c1ccc(Nc2c(N)ncc3ccc(Cl)cc23)cc1. The number of hydrogen-bond acceptors (Lipinski definition) is 6. The summed E-state index contributed by atoms with van der Waals surface area (Å²) in [4.78, 5) is 18.8. The molecule has 0 spiro atoms. The highest BCUT2D eigenvalue weighted by Gasteiger charge is 2.12. The Labute approximate surface area is 187 Å². The number of pyridine rings is 1. The molecule has 0 aliphatic heterocycles. The summed E-state index contributed by atoms with van der Waals surface area (Å²) in [6.07, 6.45) is 1.09. The summed E-state index contributed by atoms with van der Waals surface area (Å²) in [6, 6.07) is 12.6. The van der Waals surface area contributed by atoms with Crippen molar-refractivity contribution in [1.82, 2.24) is 15.2 Å². The van der Waals surface area contributed by atoms with Crippen molar-refractivity contribution in [3.05, 3.63) is 59.2 Å². The maximum atomic E-state index is 12.4. The number of likely N-dealkylation sites (N-methyl/N-ethyl adjacent to an activating group) is 1. The Balaban J connectivity index is 1.66. The summed E-state index contributed by atoms with van der Waals surface area (Å²) >= 11 is 6.14. The number of aliphatic hydroxyl groups is 1. The number of nitrogen functional groups attached to an aromatic ring is 1. The second kappa shape index (κ2) is 10.4. The van der Waals surface area contributed by atoms with E-state index >= 15 is 0 Å². The normalized spacial score (nSPS) is 12.2. The second-order valence-electron chi connectivity index (χ2n) is 7.30. The monoisotopic (exact) mass is 441 g/mol. The second-order valence-corrected chi connectivity index (χ2v) is 7.74. The number of aromatic nitrogens is 1. The number of nitrogens with two attached hydrogens (primary N) is 1. The average Bonchev–Trinajstić information content (AvgIpc) is 2.78. The summed E-state index contributed by atoms with van der Waals surface area (Å²) < 4.78 is 0. The molecule has 1 atom stereocenters. The van der Waals surface area contributed by atoms with E-state index in [2.05, 4.69) is 20.5 Å².